The minimum atomic E-state index is 1.20. The summed E-state index contributed by atoms with van der Waals surface area (Å²) in [5, 5.41) is 3.89. The van der Waals surface area contributed by atoms with Gasteiger partial charge in [-0.15, -0.1) is 0 Å². The molecule has 0 amide bonds. The van der Waals surface area contributed by atoms with Crippen LogP contribution in [0.15, 0.2) is 66.7 Å². The predicted molar refractivity (Wildman–Crippen MR) is 86.0 cm³/mol. The van der Waals surface area contributed by atoms with Gasteiger partial charge in [0.2, 0.25) is 0 Å². The molecule has 4 rings (SSSR count). The van der Waals surface area contributed by atoms with Gasteiger partial charge in [0.15, 0.2) is 0 Å². The van der Waals surface area contributed by atoms with Crippen molar-refractivity contribution in [3.05, 3.63) is 72.4 Å². The summed E-state index contributed by atoms with van der Waals surface area (Å²) in [6, 6.07) is 23.6. The van der Waals surface area contributed by atoms with Gasteiger partial charge in [0.05, 0.1) is 0 Å². The molecule has 3 aromatic carbocycles. The van der Waals surface area contributed by atoms with E-state index >= 15 is 0 Å². The highest BCUT2D eigenvalue weighted by Gasteiger charge is 2.12. The van der Waals surface area contributed by atoms with Gasteiger partial charge in [-0.3, -0.25) is 0 Å². The van der Waals surface area contributed by atoms with E-state index in [0.717, 1.165) is 0 Å². The first kappa shape index (κ1) is 11.3. The Kier molecular flexibility index (Phi) is 2.40. The smallest absolute Gasteiger partial charge is 0.0462 e. The van der Waals surface area contributed by atoms with Gasteiger partial charge in [-0.2, -0.15) is 0 Å². The van der Waals surface area contributed by atoms with E-state index in [4.69, 9.17) is 0 Å². The number of fused-ring (bicyclic) bond motifs is 2. The van der Waals surface area contributed by atoms with E-state index < -0.39 is 0 Å². The van der Waals surface area contributed by atoms with Crippen LogP contribution in [0.1, 0.15) is 5.69 Å². The lowest BCUT2D eigenvalue weighted by Gasteiger charge is -2.07. The van der Waals surface area contributed by atoms with Crippen LogP contribution in [-0.4, -0.2) is 4.98 Å². The zero-order valence-corrected chi connectivity index (χ0v) is 11.4. The molecule has 0 bridgehead atoms. The SMILES string of the molecule is Cc1[nH]c2ccccc2c1-c1cccc2ccccc12. The third-order valence-electron chi connectivity index (χ3n) is 3.95. The standard InChI is InChI=1S/C19H15N/c1-13-19(17-10-4-5-12-18(17)20-13)16-11-6-8-14-7-2-3-9-15(14)16/h2-12,20H,1H3. The summed E-state index contributed by atoms with van der Waals surface area (Å²) in [4.78, 5) is 3.49. The van der Waals surface area contributed by atoms with E-state index in [1.165, 1.54) is 38.5 Å². The molecule has 1 aromatic heterocycles. The Labute approximate surface area is 117 Å². The first-order chi connectivity index (χ1) is 9.84. The van der Waals surface area contributed by atoms with Crippen LogP contribution < -0.4 is 0 Å². The quantitative estimate of drug-likeness (QED) is 0.476. The van der Waals surface area contributed by atoms with E-state index in [0.29, 0.717) is 0 Å². The minimum Gasteiger partial charge on any atom is -0.358 e. The Bertz CT molecular complexity index is 910. The molecule has 0 aliphatic carbocycles. The third kappa shape index (κ3) is 1.56. The van der Waals surface area contributed by atoms with Gasteiger partial charge in [0, 0.05) is 22.2 Å². The number of rotatable bonds is 1. The Hall–Kier alpha value is -2.54. The molecular weight excluding hydrogens is 242 g/mol. The summed E-state index contributed by atoms with van der Waals surface area (Å²) >= 11 is 0. The number of benzene rings is 3. The van der Waals surface area contributed by atoms with E-state index in [9.17, 15) is 0 Å². The molecule has 0 radical (unpaired) electrons. The van der Waals surface area contributed by atoms with Crippen molar-refractivity contribution in [2.24, 2.45) is 0 Å². The lowest BCUT2D eigenvalue weighted by molar-refractivity contribution is 1.30. The van der Waals surface area contributed by atoms with Gasteiger partial charge in [-0.05, 0) is 29.3 Å². The summed E-state index contributed by atoms with van der Waals surface area (Å²) in [6.45, 7) is 2.15. The van der Waals surface area contributed by atoms with Crippen molar-refractivity contribution in [3.63, 3.8) is 0 Å². The Morgan fingerprint density at radius 2 is 1.40 bits per heavy atom. The first-order valence-electron chi connectivity index (χ1n) is 6.90. The second-order valence-electron chi connectivity index (χ2n) is 5.20. The van der Waals surface area contributed by atoms with Crippen LogP contribution in [-0.2, 0) is 0 Å². The highest BCUT2D eigenvalue weighted by Crippen LogP contribution is 2.36. The Balaban J connectivity index is 2.14. The van der Waals surface area contributed by atoms with Crippen LogP contribution in [0.5, 0.6) is 0 Å². The van der Waals surface area contributed by atoms with Crippen LogP contribution in [0.25, 0.3) is 32.8 Å². The van der Waals surface area contributed by atoms with Crippen molar-refractivity contribution in [1.29, 1.82) is 0 Å². The topological polar surface area (TPSA) is 15.8 Å². The lowest BCUT2D eigenvalue weighted by Crippen LogP contribution is -1.82. The summed E-state index contributed by atoms with van der Waals surface area (Å²) in [7, 11) is 0. The molecule has 0 atom stereocenters. The first-order valence-corrected chi connectivity index (χ1v) is 6.90. The molecule has 1 heteroatoms. The van der Waals surface area contributed by atoms with E-state index in [2.05, 4.69) is 78.6 Å². The fourth-order valence-electron chi connectivity index (χ4n) is 3.07. The second kappa shape index (κ2) is 4.24. The fraction of sp³-hybridized carbons (Fsp3) is 0.0526. The normalized spacial score (nSPS) is 11.2. The molecule has 0 unspecified atom stereocenters. The molecule has 0 aliphatic heterocycles. The maximum Gasteiger partial charge on any atom is 0.0462 e. The third-order valence-corrected chi connectivity index (χ3v) is 3.95. The highest BCUT2D eigenvalue weighted by molar-refractivity contribution is 6.06. The number of aromatic nitrogens is 1. The number of H-pyrrole nitrogens is 1. The van der Waals surface area contributed by atoms with Crippen LogP contribution in [0, 0.1) is 6.92 Å². The molecule has 0 fully saturated rings. The molecule has 0 aliphatic rings. The summed E-state index contributed by atoms with van der Waals surface area (Å²) in [6.07, 6.45) is 0. The summed E-state index contributed by atoms with van der Waals surface area (Å²) in [5.74, 6) is 0. The summed E-state index contributed by atoms with van der Waals surface area (Å²) in [5.41, 5.74) is 5.05. The van der Waals surface area contributed by atoms with E-state index in [-0.39, 0.29) is 0 Å². The molecule has 0 saturated heterocycles. The van der Waals surface area contributed by atoms with Gasteiger partial charge in [-0.25, -0.2) is 0 Å². The van der Waals surface area contributed by atoms with Crippen molar-refractivity contribution in [1.82, 2.24) is 4.98 Å². The molecule has 1 nitrogen and oxygen atoms in total. The average Bonchev–Trinajstić information content (AvgIpc) is 2.82. The number of hydrogen-bond donors (Lipinski definition) is 1. The molecule has 1 N–H and O–H groups in total. The fourth-order valence-corrected chi connectivity index (χ4v) is 3.07. The van der Waals surface area contributed by atoms with Crippen LogP contribution >= 0.6 is 0 Å². The zero-order valence-electron chi connectivity index (χ0n) is 11.4. The monoisotopic (exact) mass is 257 g/mol. The van der Waals surface area contributed by atoms with Crippen LogP contribution in [0.3, 0.4) is 0 Å². The molecule has 20 heavy (non-hydrogen) atoms. The van der Waals surface area contributed by atoms with Crippen LogP contribution in [0.2, 0.25) is 0 Å². The summed E-state index contributed by atoms with van der Waals surface area (Å²) < 4.78 is 0. The molecule has 0 spiro atoms. The van der Waals surface area contributed by atoms with E-state index in [1.54, 1.807) is 0 Å². The largest absolute Gasteiger partial charge is 0.358 e. The second-order valence-corrected chi connectivity index (χ2v) is 5.20. The molecule has 1 heterocycles. The average molecular weight is 257 g/mol. The molecule has 4 aromatic rings. The zero-order chi connectivity index (χ0) is 13.5. The number of hydrogen-bond acceptors (Lipinski definition) is 0. The minimum absolute atomic E-state index is 1.20. The van der Waals surface area contributed by atoms with E-state index in [1.807, 2.05) is 0 Å². The molecule has 96 valence electrons. The Morgan fingerprint density at radius 1 is 0.700 bits per heavy atom. The van der Waals surface area contributed by atoms with Crippen LogP contribution in [0.4, 0.5) is 0 Å². The Morgan fingerprint density at radius 3 is 2.30 bits per heavy atom. The molecule has 0 saturated carbocycles. The number of nitrogens with one attached hydrogen (secondary N) is 1. The van der Waals surface area contributed by atoms with Gasteiger partial charge >= 0.3 is 0 Å². The number of para-hydroxylation sites is 1. The van der Waals surface area contributed by atoms with Crippen molar-refractivity contribution in [2.45, 2.75) is 6.92 Å². The van der Waals surface area contributed by atoms with Crippen molar-refractivity contribution < 1.29 is 0 Å². The van der Waals surface area contributed by atoms with Gasteiger partial charge in [0.1, 0.15) is 0 Å². The van der Waals surface area contributed by atoms with Crippen molar-refractivity contribution in [3.8, 4) is 11.1 Å². The lowest BCUT2D eigenvalue weighted by atomic mass is 9.96. The van der Waals surface area contributed by atoms with Crippen molar-refractivity contribution >= 4 is 21.7 Å². The predicted octanol–water partition coefficient (Wildman–Crippen LogP) is 5.30. The van der Waals surface area contributed by atoms with Gasteiger partial charge < -0.3 is 4.98 Å². The highest BCUT2D eigenvalue weighted by atomic mass is 14.7. The number of aryl methyl sites for hydroxylation is 1. The van der Waals surface area contributed by atoms with Crippen molar-refractivity contribution in [2.75, 3.05) is 0 Å². The maximum atomic E-state index is 3.49. The number of aromatic amines is 1. The van der Waals surface area contributed by atoms with Gasteiger partial charge in [-0.1, -0.05) is 60.7 Å². The van der Waals surface area contributed by atoms with Gasteiger partial charge in [0.25, 0.3) is 0 Å². The maximum absolute atomic E-state index is 3.49. The molecular formula is C19H15N.